The van der Waals surface area contributed by atoms with Crippen LogP contribution in [0.25, 0.3) is 0 Å². The maximum absolute atomic E-state index is 5.69. The lowest BCUT2D eigenvalue weighted by Gasteiger charge is -2.24. The van der Waals surface area contributed by atoms with Crippen LogP contribution < -0.4 is 5.73 Å². The molecule has 1 aromatic carbocycles. The average molecular weight is 273 g/mol. The molecule has 112 valence electrons. The van der Waals surface area contributed by atoms with Gasteiger partial charge in [0.25, 0.3) is 0 Å². The molecule has 1 aliphatic rings. The van der Waals surface area contributed by atoms with Crippen molar-refractivity contribution in [1.29, 1.82) is 0 Å². The minimum atomic E-state index is 0.372. The molecule has 0 spiro atoms. The lowest BCUT2D eigenvalue weighted by Crippen LogP contribution is -2.17. The van der Waals surface area contributed by atoms with Crippen LogP contribution in [0.4, 0.5) is 0 Å². The first-order chi connectivity index (χ1) is 9.61. The van der Waals surface area contributed by atoms with Gasteiger partial charge in [0.1, 0.15) is 0 Å². The molecule has 0 aliphatic heterocycles. The Bertz CT molecular complexity index is 385. The van der Waals surface area contributed by atoms with Gasteiger partial charge in [-0.15, -0.1) is 0 Å². The molecule has 1 aromatic rings. The highest BCUT2D eigenvalue weighted by atomic mass is 14.5. The summed E-state index contributed by atoms with van der Waals surface area (Å²) >= 11 is 0. The third kappa shape index (κ3) is 4.63. The van der Waals surface area contributed by atoms with E-state index in [-0.39, 0.29) is 0 Å². The second kappa shape index (κ2) is 7.26. The van der Waals surface area contributed by atoms with Crippen molar-refractivity contribution in [3.8, 4) is 0 Å². The van der Waals surface area contributed by atoms with Gasteiger partial charge in [-0.3, -0.25) is 0 Å². The molecule has 0 bridgehead atoms. The van der Waals surface area contributed by atoms with E-state index < -0.39 is 0 Å². The Labute approximate surface area is 125 Å². The van der Waals surface area contributed by atoms with E-state index in [1.54, 1.807) is 5.56 Å². The summed E-state index contributed by atoms with van der Waals surface area (Å²) in [5.74, 6) is 0.825. The van der Waals surface area contributed by atoms with Crippen LogP contribution in [0.1, 0.15) is 75.8 Å². The van der Waals surface area contributed by atoms with Crippen LogP contribution in [0.5, 0.6) is 0 Å². The van der Waals surface area contributed by atoms with E-state index >= 15 is 0 Å². The van der Waals surface area contributed by atoms with Gasteiger partial charge in [-0.05, 0) is 61.1 Å². The van der Waals surface area contributed by atoms with E-state index in [0.29, 0.717) is 5.41 Å². The molecule has 0 unspecified atom stereocenters. The van der Waals surface area contributed by atoms with Crippen molar-refractivity contribution >= 4 is 0 Å². The van der Waals surface area contributed by atoms with Crippen molar-refractivity contribution in [1.82, 2.24) is 0 Å². The van der Waals surface area contributed by atoms with Gasteiger partial charge in [0.05, 0.1) is 0 Å². The second-order valence-electron chi connectivity index (χ2n) is 7.28. The van der Waals surface area contributed by atoms with Gasteiger partial charge >= 0.3 is 0 Å². The van der Waals surface area contributed by atoms with Gasteiger partial charge in [0.15, 0.2) is 0 Å². The molecule has 2 rings (SSSR count). The summed E-state index contributed by atoms with van der Waals surface area (Å²) in [6.07, 6.45) is 10.6. The molecule has 0 atom stereocenters. The minimum Gasteiger partial charge on any atom is -0.330 e. The Morgan fingerprint density at radius 1 is 1.00 bits per heavy atom. The fraction of sp³-hybridized carbons (Fsp3) is 0.684. The lowest BCUT2D eigenvalue weighted by molar-refractivity contribution is 0.313. The zero-order chi connectivity index (χ0) is 14.4. The number of hydrogen-bond acceptors (Lipinski definition) is 1. The van der Waals surface area contributed by atoms with Crippen LogP contribution in [0.2, 0.25) is 0 Å². The first-order valence-corrected chi connectivity index (χ1v) is 8.40. The van der Waals surface area contributed by atoms with Gasteiger partial charge in [-0.1, -0.05) is 57.4 Å². The molecular weight excluding hydrogens is 242 g/mol. The third-order valence-electron chi connectivity index (χ3n) is 4.97. The average Bonchev–Trinajstić information content (AvgIpc) is 2.47. The van der Waals surface area contributed by atoms with Crippen LogP contribution in [0.15, 0.2) is 24.3 Å². The second-order valence-corrected chi connectivity index (χ2v) is 7.28. The van der Waals surface area contributed by atoms with E-state index in [1.165, 1.54) is 50.5 Å². The standard InChI is InChI=1S/C19H31N/c1-19(2,14-15-20)13-12-16-8-10-18(11-9-16)17-6-4-3-5-7-17/h8-11,17H,3-7,12-15,20H2,1-2H3. The van der Waals surface area contributed by atoms with Crippen molar-refractivity contribution in [2.45, 2.75) is 71.1 Å². The molecule has 0 aromatic heterocycles. The molecular formula is C19H31N. The van der Waals surface area contributed by atoms with Gasteiger partial charge in [0.2, 0.25) is 0 Å². The van der Waals surface area contributed by atoms with E-state index in [2.05, 4.69) is 38.1 Å². The highest BCUT2D eigenvalue weighted by molar-refractivity contribution is 5.26. The van der Waals surface area contributed by atoms with Crippen LogP contribution in [-0.4, -0.2) is 6.54 Å². The van der Waals surface area contributed by atoms with Crippen molar-refractivity contribution in [2.24, 2.45) is 11.1 Å². The topological polar surface area (TPSA) is 26.0 Å². The normalized spacial score (nSPS) is 17.4. The first-order valence-electron chi connectivity index (χ1n) is 8.40. The Kier molecular flexibility index (Phi) is 5.65. The fourth-order valence-corrected chi connectivity index (χ4v) is 3.39. The molecule has 1 nitrogen and oxygen atoms in total. The molecule has 0 heterocycles. The number of rotatable bonds is 6. The Morgan fingerprint density at radius 3 is 2.25 bits per heavy atom. The van der Waals surface area contributed by atoms with E-state index in [1.807, 2.05) is 0 Å². The molecule has 1 fully saturated rings. The van der Waals surface area contributed by atoms with Crippen molar-refractivity contribution in [3.05, 3.63) is 35.4 Å². The molecule has 1 saturated carbocycles. The Balaban J connectivity index is 1.88. The number of nitrogens with two attached hydrogens (primary N) is 1. The largest absolute Gasteiger partial charge is 0.330 e. The highest BCUT2D eigenvalue weighted by Crippen LogP contribution is 2.33. The molecule has 1 aliphatic carbocycles. The smallest absolute Gasteiger partial charge is 0.00722 e. The lowest BCUT2D eigenvalue weighted by atomic mass is 9.82. The van der Waals surface area contributed by atoms with E-state index in [9.17, 15) is 0 Å². The van der Waals surface area contributed by atoms with Gasteiger partial charge in [0, 0.05) is 0 Å². The summed E-state index contributed by atoms with van der Waals surface area (Å²) in [6, 6.07) is 9.45. The van der Waals surface area contributed by atoms with Crippen molar-refractivity contribution in [3.63, 3.8) is 0 Å². The molecule has 0 amide bonds. The summed E-state index contributed by atoms with van der Waals surface area (Å²) in [5.41, 5.74) is 9.10. The summed E-state index contributed by atoms with van der Waals surface area (Å²) in [6.45, 7) is 5.46. The van der Waals surface area contributed by atoms with Crippen LogP contribution in [-0.2, 0) is 6.42 Å². The van der Waals surface area contributed by atoms with E-state index in [0.717, 1.165) is 18.9 Å². The van der Waals surface area contributed by atoms with Crippen LogP contribution in [0.3, 0.4) is 0 Å². The molecule has 0 saturated heterocycles. The van der Waals surface area contributed by atoms with Crippen molar-refractivity contribution < 1.29 is 0 Å². The van der Waals surface area contributed by atoms with E-state index in [4.69, 9.17) is 5.73 Å². The van der Waals surface area contributed by atoms with Crippen LogP contribution >= 0.6 is 0 Å². The summed E-state index contributed by atoms with van der Waals surface area (Å²) < 4.78 is 0. The third-order valence-corrected chi connectivity index (χ3v) is 4.97. The number of benzene rings is 1. The maximum atomic E-state index is 5.69. The number of hydrogen-bond donors (Lipinski definition) is 1. The van der Waals surface area contributed by atoms with Gasteiger partial charge in [-0.2, -0.15) is 0 Å². The molecule has 20 heavy (non-hydrogen) atoms. The van der Waals surface area contributed by atoms with Crippen LogP contribution in [0, 0.1) is 5.41 Å². The fourth-order valence-electron chi connectivity index (χ4n) is 3.39. The summed E-state index contributed by atoms with van der Waals surface area (Å²) in [7, 11) is 0. The Morgan fingerprint density at radius 2 is 1.65 bits per heavy atom. The quantitative estimate of drug-likeness (QED) is 0.772. The predicted octanol–water partition coefficient (Wildman–Crippen LogP) is 5.04. The predicted molar refractivity (Wildman–Crippen MR) is 88.0 cm³/mol. The monoisotopic (exact) mass is 273 g/mol. The minimum absolute atomic E-state index is 0.372. The molecule has 2 N–H and O–H groups in total. The number of aryl methyl sites for hydroxylation is 1. The SMILES string of the molecule is CC(C)(CCN)CCc1ccc(C2CCCCC2)cc1. The van der Waals surface area contributed by atoms with Gasteiger partial charge < -0.3 is 5.73 Å². The van der Waals surface area contributed by atoms with Crippen molar-refractivity contribution in [2.75, 3.05) is 6.54 Å². The highest BCUT2D eigenvalue weighted by Gasteiger charge is 2.17. The zero-order valence-electron chi connectivity index (χ0n) is 13.3. The summed E-state index contributed by atoms with van der Waals surface area (Å²) in [5, 5.41) is 0. The summed E-state index contributed by atoms with van der Waals surface area (Å²) in [4.78, 5) is 0. The molecule has 0 radical (unpaired) electrons. The van der Waals surface area contributed by atoms with Gasteiger partial charge in [-0.25, -0.2) is 0 Å². The first kappa shape index (κ1) is 15.6. The Hall–Kier alpha value is -0.820. The maximum Gasteiger partial charge on any atom is -0.00722 e. The molecule has 1 heteroatoms. The zero-order valence-corrected chi connectivity index (χ0v) is 13.3.